The van der Waals surface area contributed by atoms with Gasteiger partial charge in [0, 0.05) is 17.9 Å². The summed E-state index contributed by atoms with van der Waals surface area (Å²) >= 11 is 5.30. The van der Waals surface area contributed by atoms with Crippen LogP contribution in [0.25, 0.3) is 0 Å². The van der Waals surface area contributed by atoms with Gasteiger partial charge in [-0.2, -0.15) is 0 Å². The zero-order valence-electron chi connectivity index (χ0n) is 16.3. The van der Waals surface area contributed by atoms with Crippen molar-refractivity contribution in [3.63, 3.8) is 0 Å². The van der Waals surface area contributed by atoms with Crippen molar-refractivity contribution in [2.24, 2.45) is 0 Å². The molecule has 0 fully saturated rings. The highest BCUT2D eigenvalue weighted by atomic mass is 32.1. The number of carbonyl (C=O) groups excluding carboxylic acids is 1. The molecule has 0 saturated heterocycles. The molecule has 0 aromatic heterocycles. The van der Waals surface area contributed by atoms with Crippen LogP contribution in [0, 0.1) is 18.6 Å². The van der Waals surface area contributed by atoms with E-state index < -0.39 is 11.7 Å². The first-order valence-electron chi connectivity index (χ1n) is 9.38. The minimum Gasteiger partial charge on any atom is -0.362 e. The van der Waals surface area contributed by atoms with E-state index in [-0.39, 0.29) is 11.4 Å². The number of anilines is 2. The van der Waals surface area contributed by atoms with Crippen LogP contribution in [0.3, 0.4) is 0 Å². The Kier molecular flexibility index (Phi) is 7.08. The predicted molar refractivity (Wildman–Crippen MR) is 120 cm³/mol. The van der Waals surface area contributed by atoms with Crippen LogP contribution in [0.4, 0.5) is 20.2 Å². The maximum atomic E-state index is 13.8. The average Bonchev–Trinajstić information content (AvgIpc) is 2.72. The molecule has 0 aliphatic rings. The van der Waals surface area contributed by atoms with Crippen molar-refractivity contribution in [2.75, 3.05) is 17.2 Å². The summed E-state index contributed by atoms with van der Waals surface area (Å²) < 4.78 is 26.7. The molecule has 0 heterocycles. The topological polar surface area (TPSA) is 53.2 Å². The molecule has 7 heteroatoms. The summed E-state index contributed by atoms with van der Waals surface area (Å²) in [4.78, 5) is 12.3. The number of carbonyl (C=O) groups is 1. The van der Waals surface area contributed by atoms with Crippen molar-refractivity contribution in [1.29, 1.82) is 0 Å². The minimum atomic E-state index is -0.567. The second kappa shape index (κ2) is 9.93. The Morgan fingerprint density at radius 1 is 0.967 bits per heavy atom. The summed E-state index contributed by atoms with van der Waals surface area (Å²) in [5.74, 6) is -1.33. The Bertz CT molecular complexity index is 1050. The molecular formula is C23H21F2N3OS. The molecule has 3 N–H and O–H groups in total. The molecule has 0 saturated carbocycles. The molecule has 0 bridgehead atoms. The van der Waals surface area contributed by atoms with Crippen LogP contribution < -0.4 is 16.0 Å². The zero-order valence-corrected chi connectivity index (χ0v) is 17.2. The second-order valence-corrected chi connectivity index (χ2v) is 7.13. The summed E-state index contributed by atoms with van der Waals surface area (Å²) in [6, 6.07) is 17.5. The average molecular weight is 426 g/mol. The molecule has 0 radical (unpaired) electrons. The van der Waals surface area contributed by atoms with E-state index in [2.05, 4.69) is 16.0 Å². The van der Waals surface area contributed by atoms with E-state index in [1.807, 2.05) is 13.0 Å². The highest BCUT2D eigenvalue weighted by molar-refractivity contribution is 7.80. The Labute approximate surface area is 179 Å². The van der Waals surface area contributed by atoms with Gasteiger partial charge in [-0.25, -0.2) is 8.78 Å². The Hall–Kier alpha value is -3.32. The number of thiocarbonyl (C=S) groups is 1. The quantitative estimate of drug-likeness (QED) is 0.484. The molecule has 154 valence electrons. The van der Waals surface area contributed by atoms with E-state index in [1.54, 1.807) is 30.3 Å². The number of aryl methyl sites for hydroxylation is 1. The number of rotatable bonds is 6. The molecule has 3 aromatic rings. The lowest BCUT2D eigenvalue weighted by Crippen LogP contribution is -2.30. The van der Waals surface area contributed by atoms with Crippen molar-refractivity contribution >= 4 is 34.6 Å². The van der Waals surface area contributed by atoms with Crippen molar-refractivity contribution < 1.29 is 13.6 Å². The van der Waals surface area contributed by atoms with Crippen LogP contribution in [-0.4, -0.2) is 17.6 Å². The molecule has 0 aliphatic heterocycles. The van der Waals surface area contributed by atoms with E-state index in [4.69, 9.17) is 12.2 Å². The fourth-order valence-corrected chi connectivity index (χ4v) is 3.08. The first-order chi connectivity index (χ1) is 14.4. The lowest BCUT2D eigenvalue weighted by Gasteiger charge is -2.13. The Morgan fingerprint density at radius 2 is 1.70 bits per heavy atom. The minimum absolute atomic E-state index is 0.00867. The first kappa shape index (κ1) is 21.4. The number of hydrogen-bond donors (Lipinski definition) is 3. The molecule has 4 nitrogen and oxygen atoms in total. The lowest BCUT2D eigenvalue weighted by molar-refractivity contribution is 0.102. The summed E-state index contributed by atoms with van der Waals surface area (Å²) in [6.07, 6.45) is 0.710. The van der Waals surface area contributed by atoms with Crippen LogP contribution in [0.5, 0.6) is 0 Å². The Balaban J connectivity index is 1.53. The SMILES string of the molecule is Cc1cc(NC(=S)NCCc2ccc(F)cc2)ccc1NC(=O)c1ccccc1F. The molecule has 3 aromatic carbocycles. The summed E-state index contributed by atoms with van der Waals surface area (Å²) in [5.41, 5.74) is 3.15. The van der Waals surface area contributed by atoms with Crippen LogP contribution in [0.1, 0.15) is 21.5 Å². The second-order valence-electron chi connectivity index (χ2n) is 6.72. The maximum absolute atomic E-state index is 13.8. The van der Waals surface area contributed by atoms with E-state index in [0.29, 0.717) is 23.8 Å². The van der Waals surface area contributed by atoms with Gasteiger partial charge < -0.3 is 16.0 Å². The largest absolute Gasteiger partial charge is 0.362 e. The van der Waals surface area contributed by atoms with E-state index in [9.17, 15) is 13.6 Å². The molecule has 0 spiro atoms. The maximum Gasteiger partial charge on any atom is 0.258 e. The molecule has 1 amide bonds. The van der Waals surface area contributed by atoms with Gasteiger partial charge in [-0.3, -0.25) is 4.79 Å². The third kappa shape index (κ3) is 5.84. The predicted octanol–water partition coefficient (Wildman–Crippen LogP) is 5.05. The van der Waals surface area contributed by atoms with Crippen molar-refractivity contribution in [3.8, 4) is 0 Å². The normalized spacial score (nSPS) is 10.4. The van der Waals surface area contributed by atoms with E-state index >= 15 is 0 Å². The molecule has 30 heavy (non-hydrogen) atoms. The number of benzene rings is 3. The molecular weight excluding hydrogens is 404 g/mol. The molecule has 0 atom stereocenters. The van der Waals surface area contributed by atoms with Gasteiger partial charge in [-0.15, -0.1) is 0 Å². The van der Waals surface area contributed by atoms with Crippen molar-refractivity contribution in [1.82, 2.24) is 5.32 Å². The van der Waals surface area contributed by atoms with Crippen molar-refractivity contribution in [2.45, 2.75) is 13.3 Å². The Morgan fingerprint density at radius 3 is 2.40 bits per heavy atom. The van der Waals surface area contributed by atoms with Gasteiger partial charge >= 0.3 is 0 Å². The smallest absolute Gasteiger partial charge is 0.258 e. The first-order valence-corrected chi connectivity index (χ1v) is 9.79. The molecule has 0 aliphatic carbocycles. The van der Waals surface area contributed by atoms with Crippen LogP contribution >= 0.6 is 12.2 Å². The number of nitrogens with one attached hydrogen (secondary N) is 3. The third-order valence-electron chi connectivity index (χ3n) is 4.46. The van der Waals surface area contributed by atoms with Gasteiger partial charge in [0.25, 0.3) is 5.91 Å². The van der Waals surface area contributed by atoms with Crippen LogP contribution in [0.2, 0.25) is 0 Å². The van der Waals surface area contributed by atoms with Gasteiger partial charge in [0.2, 0.25) is 0 Å². The zero-order chi connectivity index (χ0) is 21.5. The number of hydrogen-bond acceptors (Lipinski definition) is 2. The van der Waals surface area contributed by atoms with Gasteiger partial charge in [0.05, 0.1) is 5.56 Å². The summed E-state index contributed by atoms with van der Waals surface area (Å²) in [5, 5.41) is 9.37. The van der Waals surface area contributed by atoms with Crippen molar-refractivity contribution in [3.05, 3.63) is 95.1 Å². The molecule has 0 unspecified atom stereocenters. The van der Waals surface area contributed by atoms with Gasteiger partial charge in [0.1, 0.15) is 11.6 Å². The van der Waals surface area contributed by atoms with Crippen LogP contribution in [0.15, 0.2) is 66.7 Å². The van der Waals surface area contributed by atoms with Crippen LogP contribution in [-0.2, 0) is 6.42 Å². The fraction of sp³-hybridized carbons (Fsp3) is 0.130. The van der Waals surface area contributed by atoms with E-state index in [1.165, 1.54) is 30.3 Å². The summed E-state index contributed by atoms with van der Waals surface area (Å²) in [6.45, 7) is 2.44. The van der Waals surface area contributed by atoms with E-state index in [0.717, 1.165) is 16.8 Å². The van der Waals surface area contributed by atoms with Gasteiger partial charge in [-0.1, -0.05) is 24.3 Å². The monoisotopic (exact) mass is 425 g/mol. The fourth-order valence-electron chi connectivity index (χ4n) is 2.86. The number of halogens is 2. The third-order valence-corrected chi connectivity index (χ3v) is 4.71. The highest BCUT2D eigenvalue weighted by Gasteiger charge is 2.12. The number of amides is 1. The summed E-state index contributed by atoms with van der Waals surface area (Å²) in [7, 11) is 0. The lowest BCUT2D eigenvalue weighted by atomic mass is 10.1. The standard InChI is InChI=1S/C23H21F2N3OS/c1-15-14-18(27-23(30)26-13-12-16-6-8-17(24)9-7-16)10-11-21(15)28-22(29)19-4-2-3-5-20(19)25/h2-11,14H,12-13H2,1H3,(H,28,29)(H2,26,27,30). The molecule has 3 rings (SSSR count). The highest BCUT2D eigenvalue weighted by Crippen LogP contribution is 2.21. The van der Waals surface area contributed by atoms with Gasteiger partial charge in [-0.05, 0) is 79.2 Å². The van der Waals surface area contributed by atoms with Gasteiger partial charge in [0.15, 0.2) is 5.11 Å².